The number of benzene rings is 1. The van der Waals surface area contributed by atoms with Gasteiger partial charge in [0.1, 0.15) is 17.9 Å². The van der Waals surface area contributed by atoms with Crippen LogP contribution in [0.25, 0.3) is 0 Å². The second-order valence-electron chi connectivity index (χ2n) is 7.61. The Bertz CT molecular complexity index is 1000. The zero-order chi connectivity index (χ0) is 21.6. The van der Waals surface area contributed by atoms with Crippen LogP contribution in [0, 0.1) is 17.6 Å². The average Bonchev–Trinajstić information content (AvgIpc) is 2.69. The van der Waals surface area contributed by atoms with E-state index in [1.807, 2.05) is 6.92 Å². The Morgan fingerprint density at radius 2 is 2.10 bits per heavy atom. The fraction of sp³-hybridized carbons (Fsp3) is 0.381. The van der Waals surface area contributed by atoms with E-state index >= 15 is 0 Å². The summed E-state index contributed by atoms with van der Waals surface area (Å²) in [5, 5.41) is 12.8. The molecule has 7 nitrogen and oxygen atoms in total. The van der Waals surface area contributed by atoms with Crippen LogP contribution in [0.4, 0.5) is 8.78 Å². The Morgan fingerprint density at radius 1 is 1.33 bits per heavy atom. The van der Waals surface area contributed by atoms with Crippen LogP contribution in [0.5, 0.6) is 0 Å². The molecule has 1 aromatic rings. The van der Waals surface area contributed by atoms with Gasteiger partial charge in [0.15, 0.2) is 5.76 Å². The average molecular weight is 418 g/mol. The lowest BCUT2D eigenvalue weighted by atomic mass is 9.80. The molecule has 2 heterocycles. The number of ketones is 1. The molecule has 0 saturated carbocycles. The Morgan fingerprint density at radius 3 is 2.83 bits per heavy atom. The van der Waals surface area contributed by atoms with E-state index in [9.17, 15) is 28.3 Å². The number of rotatable bonds is 3. The van der Waals surface area contributed by atoms with Crippen LogP contribution in [-0.4, -0.2) is 46.5 Å². The number of allylic oxidation sites excluding steroid dienone is 2. The fourth-order valence-electron chi connectivity index (χ4n) is 4.09. The van der Waals surface area contributed by atoms with Crippen molar-refractivity contribution in [1.29, 1.82) is 0 Å². The van der Waals surface area contributed by atoms with Crippen LogP contribution >= 0.6 is 0 Å². The minimum absolute atomic E-state index is 0.0327. The van der Waals surface area contributed by atoms with Crippen molar-refractivity contribution in [2.75, 3.05) is 6.61 Å². The maximum absolute atomic E-state index is 13.8. The zero-order valence-electron chi connectivity index (χ0n) is 16.2. The Hall–Kier alpha value is -3.07. The van der Waals surface area contributed by atoms with Crippen molar-refractivity contribution in [1.82, 2.24) is 10.2 Å². The third-order valence-corrected chi connectivity index (χ3v) is 5.70. The number of halogens is 2. The van der Waals surface area contributed by atoms with Crippen LogP contribution in [0.15, 0.2) is 41.2 Å². The zero-order valence-corrected chi connectivity index (χ0v) is 16.2. The van der Waals surface area contributed by atoms with E-state index < -0.39 is 47.1 Å². The van der Waals surface area contributed by atoms with Crippen molar-refractivity contribution < 1.29 is 33.0 Å². The number of aliphatic hydroxyl groups excluding tert-OH is 1. The molecule has 2 N–H and O–H groups in total. The quantitative estimate of drug-likeness (QED) is 0.731. The standard InChI is InChI=1S/C21H20F2N2O5/c1-10-4-5-30-16-7-12-6-14(18(26)19(27)17(12)21(29)25(10)16)20(28)24-9-11-2-3-13(22)8-15(11)23/h2-3,6,8,10,12,16,27H,4-5,7,9H2,1H3,(H,24,28)/t10-,12?,16+/m1/s1. The van der Waals surface area contributed by atoms with Gasteiger partial charge in [-0.2, -0.15) is 0 Å². The summed E-state index contributed by atoms with van der Waals surface area (Å²) in [7, 11) is 0. The Labute approximate surface area is 171 Å². The minimum Gasteiger partial charge on any atom is -0.504 e. The molecule has 0 bridgehead atoms. The first-order valence-electron chi connectivity index (χ1n) is 9.64. The van der Waals surface area contributed by atoms with Gasteiger partial charge in [-0.1, -0.05) is 12.1 Å². The normalized spacial score (nSPS) is 26.2. The van der Waals surface area contributed by atoms with Gasteiger partial charge >= 0.3 is 0 Å². The number of piperidine rings is 1. The molecular formula is C21H20F2N2O5. The van der Waals surface area contributed by atoms with E-state index in [2.05, 4.69) is 5.32 Å². The van der Waals surface area contributed by atoms with Gasteiger partial charge in [-0.3, -0.25) is 14.4 Å². The first-order valence-corrected chi connectivity index (χ1v) is 9.64. The van der Waals surface area contributed by atoms with E-state index in [0.717, 1.165) is 6.07 Å². The van der Waals surface area contributed by atoms with Gasteiger partial charge in [-0.15, -0.1) is 0 Å². The van der Waals surface area contributed by atoms with Gasteiger partial charge in [-0.05, 0) is 19.4 Å². The highest BCUT2D eigenvalue weighted by Gasteiger charge is 2.47. The number of nitrogens with zero attached hydrogens (tertiary/aromatic N) is 1. The second-order valence-corrected chi connectivity index (χ2v) is 7.61. The molecular weight excluding hydrogens is 398 g/mol. The van der Waals surface area contributed by atoms with Crippen molar-refractivity contribution >= 4 is 17.6 Å². The molecule has 9 heteroatoms. The number of carbonyl (C=O) groups excluding carboxylic acids is 3. The number of hydrogen-bond donors (Lipinski definition) is 2. The lowest BCUT2D eigenvalue weighted by Gasteiger charge is -2.46. The van der Waals surface area contributed by atoms with Crippen molar-refractivity contribution in [2.45, 2.75) is 38.6 Å². The van der Waals surface area contributed by atoms with Crippen molar-refractivity contribution in [2.24, 2.45) is 5.92 Å². The molecule has 1 unspecified atom stereocenters. The number of nitrogens with one attached hydrogen (secondary N) is 1. The molecule has 2 saturated heterocycles. The number of ether oxygens (including phenoxy) is 1. The lowest BCUT2D eigenvalue weighted by molar-refractivity contribution is -0.168. The summed E-state index contributed by atoms with van der Waals surface area (Å²) in [6, 6.07) is 2.85. The van der Waals surface area contributed by atoms with Crippen molar-refractivity contribution in [3.8, 4) is 0 Å². The number of hydrogen-bond acceptors (Lipinski definition) is 5. The third-order valence-electron chi connectivity index (χ3n) is 5.70. The second kappa shape index (κ2) is 7.64. The molecule has 2 amide bonds. The largest absolute Gasteiger partial charge is 0.504 e. The number of carbonyl (C=O) groups is 3. The molecule has 2 aliphatic heterocycles. The highest BCUT2D eigenvalue weighted by Crippen LogP contribution is 2.39. The molecule has 0 aromatic heterocycles. The molecule has 3 atom stereocenters. The first-order chi connectivity index (χ1) is 14.3. The molecule has 3 aliphatic rings. The lowest BCUT2D eigenvalue weighted by Crippen LogP contribution is -2.57. The predicted molar refractivity (Wildman–Crippen MR) is 99.7 cm³/mol. The highest BCUT2D eigenvalue weighted by molar-refractivity contribution is 6.27. The molecule has 2 fully saturated rings. The number of amides is 2. The highest BCUT2D eigenvalue weighted by atomic mass is 19.1. The SMILES string of the molecule is C[C@@H]1CCO[C@H]2CC3C=C(C(=O)NCc4ccc(F)cc4F)C(=O)C(O)=C3C(=O)N12. The summed E-state index contributed by atoms with van der Waals surface area (Å²) >= 11 is 0. The molecule has 0 spiro atoms. The summed E-state index contributed by atoms with van der Waals surface area (Å²) < 4.78 is 32.4. The van der Waals surface area contributed by atoms with E-state index in [1.54, 1.807) is 0 Å². The molecule has 4 rings (SSSR count). The number of aliphatic hydroxyl groups is 1. The van der Waals surface area contributed by atoms with Crippen LogP contribution in [0.1, 0.15) is 25.3 Å². The Kier molecular flexibility index (Phi) is 5.15. The predicted octanol–water partition coefficient (Wildman–Crippen LogP) is 1.89. The van der Waals surface area contributed by atoms with Gasteiger partial charge in [-0.25, -0.2) is 8.78 Å². The first kappa shape index (κ1) is 20.2. The van der Waals surface area contributed by atoms with Crippen molar-refractivity contribution in [3.05, 3.63) is 58.4 Å². The molecule has 1 aromatic carbocycles. The fourth-order valence-corrected chi connectivity index (χ4v) is 4.09. The van der Waals surface area contributed by atoms with Gasteiger partial charge in [0, 0.05) is 36.6 Å². The van der Waals surface area contributed by atoms with Crippen LogP contribution in [0.3, 0.4) is 0 Å². The summed E-state index contributed by atoms with van der Waals surface area (Å²) in [5.74, 6) is -5.22. The van der Waals surface area contributed by atoms with Gasteiger partial charge in [0.2, 0.25) is 5.78 Å². The van der Waals surface area contributed by atoms with E-state index in [0.29, 0.717) is 25.5 Å². The summed E-state index contributed by atoms with van der Waals surface area (Å²) in [6.07, 6.45) is 1.82. The Balaban J connectivity index is 1.55. The van der Waals surface area contributed by atoms with Gasteiger partial charge in [0.05, 0.1) is 17.8 Å². The van der Waals surface area contributed by atoms with Crippen LogP contribution in [0.2, 0.25) is 0 Å². The summed E-state index contributed by atoms with van der Waals surface area (Å²) in [4.78, 5) is 39.5. The minimum atomic E-state index is -0.962. The van der Waals surface area contributed by atoms with Gasteiger partial charge < -0.3 is 20.1 Å². The van der Waals surface area contributed by atoms with E-state index in [-0.39, 0.29) is 29.3 Å². The molecule has 1 aliphatic carbocycles. The molecule has 30 heavy (non-hydrogen) atoms. The summed E-state index contributed by atoms with van der Waals surface area (Å²) in [6.45, 7) is 2.10. The molecule has 158 valence electrons. The topological polar surface area (TPSA) is 95.9 Å². The molecule has 0 radical (unpaired) electrons. The number of fused-ring (bicyclic) bond motifs is 2. The van der Waals surface area contributed by atoms with E-state index in [1.165, 1.54) is 17.0 Å². The van der Waals surface area contributed by atoms with E-state index in [4.69, 9.17) is 4.74 Å². The van der Waals surface area contributed by atoms with Crippen LogP contribution in [-0.2, 0) is 25.7 Å². The number of Topliss-reactive ketones (excluding diaryl/α,β-unsaturated/α-hetero) is 1. The maximum Gasteiger partial charge on any atom is 0.256 e. The van der Waals surface area contributed by atoms with Gasteiger partial charge in [0.25, 0.3) is 11.8 Å². The smallest absolute Gasteiger partial charge is 0.256 e. The maximum atomic E-state index is 13.8. The van der Waals surface area contributed by atoms with Crippen LogP contribution < -0.4 is 5.32 Å². The monoisotopic (exact) mass is 418 g/mol. The third kappa shape index (κ3) is 3.39. The summed E-state index contributed by atoms with van der Waals surface area (Å²) in [5.41, 5.74) is -0.314. The van der Waals surface area contributed by atoms with Crippen molar-refractivity contribution in [3.63, 3.8) is 0 Å².